The van der Waals surface area contributed by atoms with Gasteiger partial charge >= 0.3 is 0 Å². The van der Waals surface area contributed by atoms with Crippen LogP contribution in [0.5, 0.6) is 0 Å². The molecule has 0 saturated heterocycles. The highest BCUT2D eigenvalue weighted by Gasteiger charge is 2.40. The molecule has 0 fully saturated rings. The molecule has 0 aromatic carbocycles. The van der Waals surface area contributed by atoms with Gasteiger partial charge in [0.1, 0.15) is 0 Å². The molecule has 0 saturated carbocycles. The van der Waals surface area contributed by atoms with Crippen LogP contribution in [0, 0.1) is 11.8 Å². The van der Waals surface area contributed by atoms with E-state index in [0.717, 1.165) is 12.8 Å². The number of carbonyl (C=O) groups is 2. The zero-order chi connectivity index (χ0) is 11.2. The van der Waals surface area contributed by atoms with E-state index in [9.17, 15) is 9.59 Å². The molecule has 2 nitrogen and oxygen atoms in total. The Labute approximate surface area is 90.1 Å². The monoisotopic (exact) mass is 204 g/mol. The molecule has 15 heavy (non-hydrogen) atoms. The van der Waals surface area contributed by atoms with Crippen LogP contribution in [0.2, 0.25) is 0 Å². The van der Waals surface area contributed by atoms with Crippen molar-refractivity contribution in [3.63, 3.8) is 0 Å². The number of allylic oxidation sites excluding steroid dienone is 4. The summed E-state index contributed by atoms with van der Waals surface area (Å²) < 4.78 is 0. The molecule has 2 rings (SSSR count). The summed E-state index contributed by atoms with van der Waals surface area (Å²) in [6.07, 6.45) is 3.60. The maximum absolute atomic E-state index is 12.0. The van der Waals surface area contributed by atoms with Crippen LogP contribution in [0.1, 0.15) is 33.6 Å². The average Bonchev–Trinajstić information content (AvgIpc) is 2.23. The summed E-state index contributed by atoms with van der Waals surface area (Å²) in [6, 6.07) is 0. The average molecular weight is 204 g/mol. The largest absolute Gasteiger partial charge is 0.294 e. The molecular weight excluding hydrogens is 188 g/mol. The third-order valence-corrected chi connectivity index (χ3v) is 3.72. The number of rotatable bonds is 0. The number of ketones is 2. The first kappa shape index (κ1) is 10.3. The van der Waals surface area contributed by atoms with Gasteiger partial charge in [-0.2, -0.15) is 0 Å². The van der Waals surface area contributed by atoms with Gasteiger partial charge in [0.2, 0.25) is 0 Å². The van der Waals surface area contributed by atoms with Crippen molar-refractivity contribution < 1.29 is 9.59 Å². The molecule has 0 bridgehead atoms. The van der Waals surface area contributed by atoms with E-state index in [1.807, 2.05) is 6.92 Å². The Morgan fingerprint density at radius 3 is 2.13 bits per heavy atom. The quantitative estimate of drug-likeness (QED) is 0.568. The normalized spacial score (nSPS) is 31.5. The lowest BCUT2D eigenvalue weighted by Gasteiger charge is -2.33. The summed E-state index contributed by atoms with van der Waals surface area (Å²) in [7, 11) is 0. The van der Waals surface area contributed by atoms with Gasteiger partial charge in [-0.1, -0.05) is 11.6 Å². The van der Waals surface area contributed by atoms with Gasteiger partial charge in [-0.25, -0.2) is 0 Å². The van der Waals surface area contributed by atoms with Gasteiger partial charge in [0.25, 0.3) is 0 Å². The highest BCUT2D eigenvalue weighted by atomic mass is 16.1. The van der Waals surface area contributed by atoms with Crippen molar-refractivity contribution in [3.8, 4) is 0 Å². The highest BCUT2D eigenvalue weighted by Crippen LogP contribution is 2.38. The molecule has 2 aliphatic rings. The Hall–Kier alpha value is -1.18. The van der Waals surface area contributed by atoms with Crippen molar-refractivity contribution in [2.24, 2.45) is 11.8 Å². The number of hydrogen-bond donors (Lipinski definition) is 0. The minimum absolute atomic E-state index is 0.0776. The van der Waals surface area contributed by atoms with Crippen molar-refractivity contribution in [1.82, 2.24) is 0 Å². The molecule has 0 aromatic heterocycles. The van der Waals surface area contributed by atoms with Crippen LogP contribution in [-0.4, -0.2) is 11.6 Å². The second kappa shape index (κ2) is 3.44. The van der Waals surface area contributed by atoms with Crippen molar-refractivity contribution in [2.75, 3.05) is 0 Å². The Morgan fingerprint density at radius 1 is 1.00 bits per heavy atom. The molecule has 0 N–H and O–H groups in total. The summed E-state index contributed by atoms with van der Waals surface area (Å²) >= 11 is 0. The van der Waals surface area contributed by atoms with Crippen LogP contribution in [0.3, 0.4) is 0 Å². The Balaban J connectivity index is 2.42. The number of hydrogen-bond acceptors (Lipinski definition) is 2. The summed E-state index contributed by atoms with van der Waals surface area (Å²) in [5.41, 5.74) is 2.59. The molecule has 80 valence electrons. The van der Waals surface area contributed by atoms with Crippen LogP contribution < -0.4 is 0 Å². The SMILES string of the molecule is CC1=CC[C@H]2C(=O)C(C)=C(C)C(=O)[C@H]2C1. The lowest BCUT2D eigenvalue weighted by molar-refractivity contribution is -0.130. The first-order chi connectivity index (χ1) is 7.02. The molecule has 0 unspecified atom stereocenters. The van der Waals surface area contributed by atoms with Gasteiger partial charge in [0, 0.05) is 11.8 Å². The predicted molar refractivity (Wildman–Crippen MR) is 58.4 cm³/mol. The van der Waals surface area contributed by atoms with Gasteiger partial charge < -0.3 is 0 Å². The third kappa shape index (κ3) is 1.48. The van der Waals surface area contributed by atoms with Crippen LogP contribution in [0.15, 0.2) is 22.8 Å². The van der Waals surface area contributed by atoms with E-state index in [-0.39, 0.29) is 23.4 Å². The molecule has 0 spiro atoms. The smallest absolute Gasteiger partial charge is 0.163 e. The van der Waals surface area contributed by atoms with E-state index in [2.05, 4.69) is 6.08 Å². The molecule has 0 heterocycles. The van der Waals surface area contributed by atoms with Crippen molar-refractivity contribution >= 4 is 11.6 Å². The first-order valence-corrected chi connectivity index (χ1v) is 5.44. The molecule has 2 atom stereocenters. The van der Waals surface area contributed by atoms with Crippen LogP contribution in [-0.2, 0) is 9.59 Å². The van der Waals surface area contributed by atoms with Crippen molar-refractivity contribution in [1.29, 1.82) is 0 Å². The summed E-state index contributed by atoms with van der Waals surface area (Å²) in [5.74, 6) is 0.210. The second-order valence-electron chi connectivity index (χ2n) is 4.68. The minimum atomic E-state index is -0.0788. The highest BCUT2D eigenvalue weighted by molar-refractivity contribution is 6.13. The van der Waals surface area contributed by atoms with E-state index in [4.69, 9.17) is 0 Å². The Kier molecular flexibility index (Phi) is 2.37. The van der Waals surface area contributed by atoms with Gasteiger partial charge in [0.15, 0.2) is 11.6 Å². The molecule has 0 aliphatic heterocycles. The Morgan fingerprint density at radius 2 is 1.53 bits per heavy atom. The lowest BCUT2D eigenvalue weighted by atomic mass is 9.68. The summed E-state index contributed by atoms with van der Waals surface area (Å²) in [6.45, 7) is 5.59. The van der Waals surface area contributed by atoms with E-state index >= 15 is 0 Å². The lowest BCUT2D eigenvalue weighted by Crippen LogP contribution is -2.38. The van der Waals surface area contributed by atoms with Crippen molar-refractivity contribution in [3.05, 3.63) is 22.8 Å². The molecule has 2 aliphatic carbocycles. The first-order valence-electron chi connectivity index (χ1n) is 5.44. The topological polar surface area (TPSA) is 34.1 Å². The fraction of sp³-hybridized carbons (Fsp3) is 0.538. The van der Waals surface area contributed by atoms with E-state index in [0.29, 0.717) is 11.1 Å². The van der Waals surface area contributed by atoms with Gasteiger partial charge in [-0.15, -0.1) is 0 Å². The molecule has 2 heteroatoms. The molecule has 0 amide bonds. The third-order valence-electron chi connectivity index (χ3n) is 3.72. The summed E-state index contributed by atoms with van der Waals surface area (Å²) in [4.78, 5) is 24.0. The fourth-order valence-electron chi connectivity index (χ4n) is 2.56. The maximum Gasteiger partial charge on any atom is 0.163 e. The Bertz CT molecular complexity index is 399. The van der Waals surface area contributed by atoms with E-state index < -0.39 is 0 Å². The molecule has 0 radical (unpaired) electrons. The minimum Gasteiger partial charge on any atom is -0.294 e. The number of carbonyl (C=O) groups excluding carboxylic acids is 2. The second-order valence-corrected chi connectivity index (χ2v) is 4.68. The maximum atomic E-state index is 12.0. The zero-order valence-electron chi connectivity index (χ0n) is 9.46. The number of Topliss-reactive ketones (excluding diaryl/α,β-unsaturated/α-hetero) is 2. The molecular formula is C13H16O2. The standard InChI is InChI=1S/C13H16O2/c1-7-4-5-10-11(6-7)13(15)9(3)8(2)12(10)14/h4,10-11H,5-6H2,1-3H3/t10-,11+/m1/s1. The van der Waals surface area contributed by atoms with Crippen molar-refractivity contribution in [2.45, 2.75) is 33.6 Å². The predicted octanol–water partition coefficient (Wildman–Crippen LogP) is 2.45. The summed E-state index contributed by atoms with van der Waals surface area (Å²) in [5, 5.41) is 0. The molecule has 0 aromatic rings. The van der Waals surface area contributed by atoms with Gasteiger partial charge in [0.05, 0.1) is 0 Å². The van der Waals surface area contributed by atoms with E-state index in [1.165, 1.54) is 5.57 Å². The van der Waals surface area contributed by atoms with E-state index in [1.54, 1.807) is 13.8 Å². The fourth-order valence-corrected chi connectivity index (χ4v) is 2.56. The van der Waals surface area contributed by atoms with Crippen LogP contribution in [0.4, 0.5) is 0 Å². The number of fused-ring (bicyclic) bond motifs is 1. The van der Waals surface area contributed by atoms with Gasteiger partial charge in [-0.05, 0) is 44.8 Å². The zero-order valence-corrected chi connectivity index (χ0v) is 9.46. The van der Waals surface area contributed by atoms with Gasteiger partial charge in [-0.3, -0.25) is 9.59 Å². The van der Waals surface area contributed by atoms with Crippen LogP contribution >= 0.6 is 0 Å². The van der Waals surface area contributed by atoms with Crippen LogP contribution in [0.25, 0.3) is 0 Å².